The summed E-state index contributed by atoms with van der Waals surface area (Å²) in [4.78, 5) is 24.8. The smallest absolute Gasteiger partial charge is 0.271 e. The zero-order valence-electron chi connectivity index (χ0n) is 11.6. The van der Waals surface area contributed by atoms with Crippen molar-refractivity contribution < 1.29 is 9.72 Å². The van der Waals surface area contributed by atoms with Crippen LogP contribution in [0.5, 0.6) is 0 Å². The Morgan fingerprint density at radius 3 is 2.71 bits per heavy atom. The van der Waals surface area contributed by atoms with E-state index in [0.717, 1.165) is 43.6 Å². The van der Waals surface area contributed by atoms with Gasteiger partial charge in [-0.3, -0.25) is 14.9 Å². The number of carbonyl (C=O) groups excluding carboxylic acids is 1. The molecule has 3 rings (SSSR count). The van der Waals surface area contributed by atoms with Gasteiger partial charge in [-0.2, -0.15) is 0 Å². The van der Waals surface area contributed by atoms with Gasteiger partial charge in [-0.25, -0.2) is 0 Å². The number of nitrogens with one attached hydrogen (secondary N) is 1. The standard InChI is InChI=1S/C14H17N3O3.ClH/c18-14(11-3-6-15-7-4-11)16-8-5-10-1-2-12(17(19)20)9-13(10)16;/h1-2,9,11,15H,3-8H2;1H. The molecule has 1 aromatic rings. The maximum Gasteiger partial charge on any atom is 0.271 e. The molecule has 0 bridgehead atoms. The predicted molar refractivity (Wildman–Crippen MR) is 82.0 cm³/mol. The number of hydrogen-bond donors (Lipinski definition) is 1. The first kappa shape index (κ1) is 15.7. The first-order valence-corrected chi connectivity index (χ1v) is 6.96. The molecule has 1 saturated heterocycles. The Morgan fingerprint density at radius 1 is 1.33 bits per heavy atom. The van der Waals surface area contributed by atoms with E-state index in [2.05, 4.69) is 5.32 Å². The van der Waals surface area contributed by atoms with Gasteiger partial charge in [0.05, 0.1) is 10.6 Å². The summed E-state index contributed by atoms with van der Waals surface area (Å²) in [5.74, 6) is 0.159. The van der Waals surface area contributed by atoms with Crippen molar-refractivity contribution in [3.63, 3.8) is 0 Å². The highest BCUT2D eigenvalue weighted by Gasteiger charge is 2.31. The maximum absolute atomic E-state index is 12.6. The van der Waals surface area contributed by atoms with Crippen molar-refractivity contribution in [3.05, 3.63) is 33.9 Å². The van der Waals surface area contributed by atoms with E-state index in [1.54, 1.807) is 11.0 Å². The molecule has 114 valence electrons. The van der Waals surface area contributed by atoms with Gasteiger partial charge in [0.2, 0.25) is 5.91 Å². The minimum atomic E-state index is -0.411. The Bertz CT molecular complexity index is 558. The molecule has 7 heteroatoms. The minimum Gasteiger partial charge on any atom is -0.317 e. The number of hydrogen-bond acceptors (Lipinski definition) is 4. The van der Waals surface area contributed by atoms with Crippen LogP contribution < -0.4 is 10.2 Å². The van der Waals surface area contributed by atoms with Gasteiger partial charge in [0.1, 0.15) is 0 Å². The summed E-state index contributed by atoms with van der Waals surface area (Å²) in [7, 11) is 0. The molecule has 2 heterocycles. The van der Waals surface area contributed by atoms with Crippen molar-refractivity contribution in [2.75, 3.05) is 24.5 Å². The predicted octanol–water partition coefficient (Wildman–Crippen LogP) is 1.91. The highest BCUT2D eigenvalue weighted by atomic mass is 35.5. The van der Waals surface area contributed by atoms with Crippen LogP contribution in [0.1, 0.15) is 18.4 Å². The maximum atomic E-state index is 12.6. The molecule has 0 unspecified atom stereocenters. The van der Waals surface area contributed by atoms with Crippen molar-refractivity contribution in [1.82, 2.24) is 5.32 Å². The average molecular weight is 312 g/mol. The Hall–Kier alpha value is -1.66. The first-order chi connectivity index (χ1) is 9.66. The molecule has 0 atom stereocenters. The van der Waals surface area contributed by atoms with E-state index in [0.29, 0.717) is 6.54 Å². The third-order valence-electron chi connectivity index (χ3n) is 4.13. The van der Waals surface area contributed by atoms with E-state index in [-0.39, 0.29) is 29.9 Å². The zero-order chi connectivity index (χ0) is 14.1. The number of carbonyl (C=O) groups is 1. The lowest BCUT2D eigenvalue weighted by atomic mass is 9.96. The fourth-order valence-corrected chi connectivity index (χ4v) is 3.00. The largest absolute Gasteiger partial charge is 0.317 e. The number of anilines is 1. The third-order valence-corrected chi connectivity index (χ3v) is 4.13. The number of halogens is 1. The second-order valence-corrected chi connectivity index (χ2v) is 5.33. The van der Waals surface area contributed by atoms with Crippen LogP contribution in [-0.2, 0) is 11.2 Å². The molecule has 1 amide bonds. The second kappa shape index (κ2) is 6.41. The summed E-state index contributed by atoms with van der Waals surface area (Å²) in [6, 6.07) is 4.81. The van der Waals surface area contributed by atoms with Crippen molar-refractivity contribution in [3.8, 4) is 0 Å². The highest BCUT2D eigenvalue weighted by molar-refractivity contribution is 5.97. The third kappa shape index (κ3) is 3.01. The van der Waals surface area contributed by atoms with Crippen LogP contribution in [0.4, 0.5) is 11.4 Å². The Balaban J connectivity index is 0.00000161. The average Bonchev–Trinajstić information content (AvgIpc) is 2.90. The van der Waals surface area contributed by atoms with Crippen LogP contribution in [-0.4, -0.2) is 30.5 Å². The lowest BCUT2D eigenvalue weighted by Crippen LogP contribution is -2.40. The van der Waals surface area contributed by atoms with Gasteiger partial charge >= 0.3 is 0 Å². The fourth-order valence-electron chi connectivity index (χ4n) is 3.00. The van der Waals surface area contributed by atoms with Crippen LogP contribution in [0.3, 0.4) is 0 Å². The summed E-state index contributed by atoms with van der Waals surface area (Å²) in [5.41, 5.74) is 1.80. The summed E-state index contributed by atoms with van der Waals surface area (Å²) >= 11 is 0. The SMILES string of the molecule is Cl.O=C(C1CCNCC1)N1CCc2ccc([N+](=O)[O-])cc21. The van der Waals surface area contributed by atoms with Gasteiger partial charge in [-0.15, -0.1) is 12.4 Å². The van der Waals surface area contributed by atoms with Crippen molar-refractivity contribution in [1.29, 1.82) is 0 Å². The van der Waals surface area contributed by atoms with Gasteiger partial charge in [0, 0.05) is 24.6 Å². The van der Waals surface area contributed by atoms with E-state index in [1.165, 1.54) is 12.1 Å². The minimum absolute atomic E-state index is 0. The molecule has 2 aliphatic heterocycles. The lowest BCUT2D eigenvalue weighted by molar-refractivity contribution is -0.384. The molecule has 1 aromatic carbocycles. The normalized spacial score (nSPS) is 18.0. The lowest BCUT2D eigenvalue weighted by Gasteiger charge is -2.27. The molecule has 6 nitrogen and oxygen atoms in total. The number of amides is 1. The number of nitro groups is 1. The van der Waals surface area contributed by atoms with Crippen LogP contribution in [0.15, 0.2) is 18.2 Å². The van der Waals surface area contributed by atoms with Crippen LogP contribution in [0.25, 0.3) is 0 Å². The number of nitro benzene ring substituents is 1. The summed E-state index contributed by atoms with van der Waals surface area (Å²) in [5, 5.41) is 14.1. The molecule has 0 aromatic heterocycles. The Labute approximate surface area is 129 Å². The van der Waals surface area contributed by atoms with Gasteiger partial charge in [-0.1, -0.05) is 6.07 Å². The van der Waals surface area contributed by atoms with E-state index in [9.17, 15) is 14.9 Å². The fraction of sp³-hybridized carbons (Fsp3) is 0.500. The van der Waals surface area contributed by atoms with Crippen molar-refractivity contribution in [2.45, 2.75) is 19.3 Å². The number of fused-ring (bicyclic) bond motifs is 1. The molecule has 21 heavy (non-hydrogen) atoms. The molecule has 0 aliphatic carbocycles. The molecule has 0 radical (unpaired) electrons. The first-order valence-electron chi connectivity index (χ1n) is 6.96. The monoisotopic (exact) mass is 311 g/mol. The van der Waals surface area contributed by atoms with Gasteiger partial charge < -0.3 is 10.2 Å². The topological polar surface area (TPSA) is 75.5 Å². The van der Waals surface area contributed by atoms with Crippen LogP contribution in [0, 0.1) is 16.0 Å². The molecular formula is C14H18ClN3O3. The molecule has 1 fully saturated rings. The quantitative estimate of drug-likeness (QED) is 0.668. The molecule has 1 N–H and O–H groups in total. The van der Waals surface area contributed by atoms with Crippen LogP contribution >= 0.6 is 12.4 Å². The number of piperidine rings is 1. The summed E-state index contributed by atoms with van der Waals surface area (Å²) in [6.45, 7) is 2.37. The Morgan fingerprint density at radius 2 is 2.05 bits per heavy atom. The summed E-state index contributed by atoms with van der Waals surface area (Å²) in [6.07, 6.45) is 2.48. The second-order valence-electron chi connectivity index (χ2n) is 5.33. The van der Waals surface area contributed by atoms with Crippen LogP contribution in [0.2, 0.25) is 0 Å². The zero-order valence-corrected chi connectivity index (χ0v) is 12.4. The molecule has 2 aliphatic rings. The number of non-ortho nitro benzene ring substituents is 1. The van der Waals surface area contributed by atoms with E-state index >= 15 is 0 Å². The molecular weight excluding hydrogens is 294 g/mol. The van der Waals surface area contributed by atoms with Gasteiger partial charge in [-0.05, 0) is 37.9 Å². The van der Waals surface area contributed by atoms with Gasteiger partial charge in [0.25, 0.3) is 5.69 Å². The van der Waals surface area contributed by atoms with E-state index in [4.69, 9.17) is 0 Å². The number of rotatable bonds is 2. The van der Waals surface area contributed by atoms with E-state index in [1.807, 2.05) is 0 Å². The van der Waals surface area contributed by atoms with Crippen molar-refractivity contribution >= 4 is 29.7 Å². The molecule has 0 spiro atoms. The number of nitrogens with zero attached hydrogens (tertiary/aromatic N) is 2. The van der Waals surface area contributed by atoms with Gasteiger partial charge in [0.15, 0.2) is 0 Å². The van der Waals surface area contributed by atoms with E-state index < -0.39 is 4.92 Å². The Kier molecular flexibility index (Phi) is 4.80. The molecule has 0 saturated carbocycles. The summed E-state index contributed by atoms with van der Waals surface area (Å²) < 4.78 is 0. The van der Waals surface area contributed by atoms with Crippen molar-refractivity contribution in [2.24, 2.45) is 5.92 Å². The highest BCUT2D eigenvalue weighted by Crippen LogP contribution is 2.33. The number of benzene rings is 1.